The summed E-state index contributed by atoms with van der Waals surface area (Å²) in [5.74, 6) is 0. The lowest BCUT2D eigenvalue weighted by Crippen LogP contribution is -2.13. The molecule has 2 nitrogen and oxygen atoms in total. The van der Waals surface area contributed by atoms with Crippen LogP contribution in [-0.2, 0) is 4.74 Å². The monoisotopic (exact) mass is 253 g/mol. The second kappa shape index (κ2) is 5.09. The van der Waals surface area contributed by atoms with Crippen LogP contribution < -0.4 is 0 Å². The zero-order valence-electron chi connectivity index (χ0n) is 8.94. The molecule has 84 valence electrons. The molecule has 0 bridgehead atoms. The van der Waals surface area contributed by atoms with Gasteiger partial charge in [-0.2, -0.15) is 5.26 Å². The number of thioether (sulfide) groups is 1. The maximum Gasteiger partial charge on any atom is 0.100 e. The number of halogens is 1. The quantitative estimate of drug-likeness (QED) is 0.809. The van der Waals surface area contributed by atoms with Crippen LogP contribution in [0, 0.1) is 11.3 Å². The largest absolute Gasteiger partial charge is 0.377 e. The third kappa shape index (κ3) is 2.52. The highest BCUT2D eigenvalue weighted by Crippen LogP contribution is 2.35. The lowest BCUT2D eigenvalue weighted by atomic mass is 10.2. The predicted molar refractivity (Wildman–Crippen MR) is 65.8 cm³/mol. The summed E-state index contributed by atoms with van der Waals surface area (Å²) >= 11 is 7.57. The van der Waals surface area contributed by atoms with Crippen molar-refractivity contribution in [3.8, 4) is 6.07 Å². The molecular weight excluding hydrogens is 242 g/mol. The molecule has 0 spiro atoms. The van der Waals surface area contributed by atoms with E-state index in [0.717, 1.165) is 17.9 Å². The molecule has 2 atom stereocenters. The molecule has 1 fully saturated rings. The minimum Gasteiger partial charge on any atom is -0.377 e. The third-order valence-corrected chi connectivity index (χ3v) is 4.41. The normalized spacial score (nSPS) is 24.3. The van der Waals surface area contributed by atoms with Gasteiger partial charge in [0.25, 0.3) is 0 Å². The number of benzene rings is 1. The molecule has 2 unspecified atom stereocenters. The molecule has 1 aliphatic rings. The van der Waals surface area contributed by atoms with E-state index in [2.05, 4.69) is 13.0 Å². The summed E-state index contributed by atoms with van der Waals surface area (Å²) in [6.07, 6.45) is 1.30. The molecule has 16 heavy (non-hydrogen) atoms. The predicted octanol–water partition coefficient (Wildman–Crippen LogP) is 3.48. The Kier molecular flexibility index (Phi) is 3.75. The molecule has 4 heteroatoms. The van der Waals surface area contributed by atoms with E-state index in [1.54, 1.807) is 17.8 Å². The Hall–Kier alpha value is -0.690. The van der Waals surface area contributed by atoms with Crippen molar-refractivity contribution in [1.29, 1.82) is 5.26 Å². The van der Waals surface area contributed by atoms with Gasteiger partial charge in [-0.3, -0.25) is 0 Å². The van der Waals surface area contributed by atoms with Gasteiger partial charge in [-0.1, -0.05) is 11.6 Å². The van der Waals surface area contributed by atoms with Gasteiger partial charge in [0.1, 0.15) is 6.07 Å². The van der Waals surface area contributed by atoms with E-state index in [4.69, 9.17) is 21.6 Å². The standard InChI is InChI=1S/C12H12ClNOS/c1-8-11(4-5-15-8)16-12-3-2-10(13)6-9(12)7-14/h2-3,6,8,11H,4-5H2,1H3. The summed E-state index contributed by atoms with van der Waals surface area (Å²) in [5.41, 5.74) is 0.650. The van der Waals surface area contributed by atoms with Gasteiger partial charge in [0.2, 0.25) is 0 Å². The fourth-order valence-corrected chi connectivity index (χ4v) is 3.08. The maximum absolute atomic E-state index is 9.03. The highest BCUT2D eigenvalue weighted by atomic mass is 35.5. The van der Waals surface area contributed by atoms with Gasteiger partial charge in [0.15, 0.2) is 0 Å². The average Bonchev–Trinajstić information content (AvgIpc) is 2.67. The van der Waals surface area contributed by atoms with Gasteiger partial charge >= 0.3 is 0 Å². The van der Waals surface area contributed by atoms with Gasteiger partial charge in [0, 0.05) is 21.8 Å². The van der Waals surface area contributed by atoms with Crippen molar-refractivity contribution in [2.45, 2.75) is 29.6 Å². The van der Waals surface area contributed by atoms with Crippen molar-refractivity contribution >= 4 is 23.4 Å². The highest BCUT2D eigenvalue weighted by Gasteiger charge is 2.25. The molecule has 1 saturated heterocycles. The second-order valence-corrected chi connectivity index (χ2v) is 5.49. The van der Waals surface area contributed by atoms with E-state index >= 15 is 0 Å². The molecule has 0 aromatic heterocycles. The van der Waals surface area contributed by atoms with Crippen molar-refractivity contribution in [2.24, 2.45) is 0 Å². The number of nitriles is 1. The topological polar surface area (TPSA) is 33.0 Å². The Morgan fingerprint density at radius 2 is 2.38 bits per heavy atom. The molecule has 2 rings (SSSR count). The molecule has 1 heterocycles. The molecule has 1 aromatic carbocycles. The van der Waals surface area contributed by atoms with Crippen LogP contribution in [0.3, 0.4) is 0 Å². The Balaban J connectivity index is 2.18. The Labute approximate surface area is 105 Å². The number of hydrogen-bond acceptors (Lipinski definition) is 3. The van der Waals surface area contributed by atoms with Crippen molar-refractivity contribution in [2.75, 3.05) is 6.61 Å². The summed E-state index contributed by atoms with van der Waals surface area (Å²) in [7, 11) is 0. The Morgan fingerprint density at radius 1 is 1.56 bits per heavy atom. The van der Waals surface area contributed by atoms with Crippen LogP contribution in [0.4, 0.5) is 0 Å². The zero-order valence-corrected chi connectivity index (χ0v) is 10.5. The molecule has 0 saturated carbocycles. The third-order valence-electron chi connectivity index (χ3n) is 2.65. The Morgan fingerprint density at radius 3 is 3.00 bits per heavy atom. The Bertz CT molecular complexity index is 430. The van der Waals surface area contributed by atoms with Crippen LogP contribution >= 0.6 is 23.4 Å². The zero-order chi connectivity index (χ0) is 11.5. The van der Waals surface area contributed by atoms with E-state index in [9.17, 15) is 0 Å². The van der Waals surface area contributed by atoms with Crippen LogP contribution in [0.2, 0.25) is 5.02 Å². The van der Waals surface area contributed by atoms with Crippen LogP contribution in [0.1, 0.15) is 18.9 Å². The molecule has 0 amide bonds. The minimum atomic E-state index is 0.257. The first-order valence-corrected chi connectivity index (χ1v) is 6.44. The summed E-state index contributed by atoms with van der Waals surface area (Å²) in [4.78, 5) is 0.995. The first-order valence-electron chi connectivity index (χ1n) is 5.18. The smallest absolute Gasteiger partial charge is 0.100 e. The van der Waals surface area contributed by atoms with Crippen LogP contribution in [0.5, 0.6) is 0 Å². The molecular formula is C12H12ClNOS. The van der Waals surface area contributed by atoms with Gasteiger partial charge in [-0.15, -0.1) is 11.8 Å². The summed E-state index contributed by atoms with van der Waals surface area (Å²) in [5, 5.41) is 10.1. The SMILES string of the molecule is CC1OCCC1Sc1ccc(Cl)cc1C#N. The van der Waals surface area contributed by atoms with Crippen molar-refractivity contribution in [3.63, 3.8) is 0 Å². The van der Waals surface area contributed by atoms with E-state index in [1.807, 2.05) is 12.1 Å². The first-order chi connectivity index (χ1) is 7.70. The summed E-state index contributed by atoms with van der Waals surface area (Å²) < 4.78 is 5.51. The molecule has 0 aliphatic carbocycles. The number of rotatable bonds is 2. The molecule has 0 N–H and O–H groups in total. The van der Waals surface area contributed by atoms with Crippen molar-refractivity contribution < 1.29 is 4.74 Å². The molecule has 1 aromatic rings. The first kappa shape index (κ1) is 11.8. The van der Waals surface area contributed by atoms with E-state index in [1.165, 1.54) is 0 Å². The fourth-order valence-electron chi connectivity index (χ4n) is 1.72. The lowest BCUT2D eigenvalue weighted by molar-refractivity contribution is 0.127. The minimum absolute atomic E-state index is 0.257. The number of ether oxygens (including phenoxy) is 1. The average molecular weight is 254 g/mol. The maximum atomic E-state index is 9.03. The van der Waals surface area contributed by atoms with E-state index in [-0.39, 0.29) is 6.10 Å². The number of nitrogens with zero attached hydrogens (tertiary/aromatic N) is 1. The summed E-state index contributed by atoms with van der Waals surface area (Å²) in [6, 6.07) is 7.63. The fraction of sp³-hybridized carbons (Fsp3) is 0.417. The van der Waals surface area contributed by atoms with Crippen molar-refractivity contribution in [3.05, 3.63) is 28.8 Å². The second-order valence-electron chi connectivity index (χ2n) is 3.77. The van der Waals surface area contributed by atoms with Crippen molar-refractivity contribution in [1.82, 2.24) is 0 Å². The molecule has 1 aliphatic heterocycles. The van der Waals surface area contributed by atoms with Gasteiger partial charge in [0.05, 0.1) is 11.7 Å². The van der Waals surface area contributed by atoms with E-state index in [0.29, 0.717) is 15.8 Å². The highest BCUT2D eigenvalue weighted by molar-refractivity contribution is 8.00. The van der Waals surface area contributed by atoms with Crippen LogP contribution in [0.15, 0.2) is 23.1 Å². The molecule has 0 radical (unpaired) electrons. The van der Waals surface area contributed by atoms with Crippen LogP contribution in [0.25, 0.3) is 0 Å². The van der Waals surface area contributed by atoms with Crippen LogP contribution in [-0.4, -0.2) is 18.0 Å². The lowest BCUT2D eigenvalue weighted by Gasteiger charge is -2.14. The summed E-state index contributed by atoms with van der Waals surface area (Å²) in [6.45, 7) is 2.89. The van der Waals surface area contributed by atoms with E-state index < -0.39 is 0 Å². The van der Waals surface area contributed by atoms with Gasteiger partial charge < -0.3 is 4.74 Å². The number of hydrogen-bond donors (Lipinski definition) is 0. The van der Waals surface area contributed by atoms with Gasteiger partial charge in [-0.05, 0) is 31.5 Å². The van der Waals surface area contributed by atoms with Gasteiger partial charge in [-0.25, -0.2) is 0 Å².